The van der Waals surface area contributed by atoms with E-state index in [0.29, 0.717) is 11.8 Å². The number of alkyl halides is 1. The summed E-state index contributed by atoms with van der Waals surface area (Å²) in [5, 5.41) is 3.05. The summed E-state index contributed by atoms with van der Waals surface area (Å²) < 4.78 is 11.3. The van der Waals surface area contributed by atoms with E-state index in [1.165, 1.54) is 0 Å². The van der Waals surface area contributed by atoms with Gasteiger partial charge in [0, 0.05) is 17.9 Å². The van der Waals surface area contributed by atoms with Crippen LogP contribution in [0.2, 0.25) is 0 Å². The fourth-order valence-electron chi connectivity index (χ4n) is 1.86. The van der Waals surface area contributed by atoms with E-state index < -0.39 is 0 Å². The van der Waals surface area contributed by atoms with Crippen LogP contribution in [0.4, 0.5) is 0 Å². The van der Waals surface area contributed by atoms with Gasteiger partial charge in [-0.1, -0.05) is 6.92 Å². The second-order valence-corrected chi connectivity index (χ2v) is 5.43. The minimum Gasteiger partial charge on any atom is -0.381 e. The van der Waals surface area contributed by atoms with Crippen molar-refractivity contribution >= 4 is 22.9 Å². The summed E-state index contributed by atoms with van der Waals surface area (Å²) in [5.74, 6) is 1.03. The molecule has 1 aliphatic rings. The fourth-order valence-corrected chi connectivity index (χ4v) is 3.04. The summed E-state index contributed by atoms with van der Waals surface area (Å²) in [6, 6.07) is 0. The van der Waals surface area contributed by atoms with E-state index in [4.69, 9.17) is 21.1 Å². The van der Waals surface area contributed by atoms with Crippen LogP contribution in [-0.4, -0.2) is 24.8 Å². The van der Waals surface area contributed by atoms with Crippen LogP contribution in [-0.2, 0) is 15.4 Å². The minimum atomic E-state index is 0.109. The topological polar surface area (TPSA) is 31.4 Å². The molecule has 0 amide bonds. The average molecular weight is 276 g/mol. The first-order valence-corrected chi connectivity index (χ1v) is 7.44. The lowest BCUT2D eigenvalue weighted by Crippen LogP contribution is -2.13. The predicted octanol–water partition coefficient (Wildman–Crippen LogP) is 3.39. The SMILES string of the molecule is CCC(OCC1CCOC1)c1nc(CCl)cs1. The lowest BCUT2D eigenvalue weighted by Gasteiger charge is -2.16. The lowest BCUT2D eigenvalue weighted by molar-refractivity contribution is 0.0228. The van der Waals surface area contributed by atoms with Crippen LogP contribution in [0.5, 0.6) is 0 Å². The van der Waals surface area contributed by atoms with Crippen molar-refractivity contribution in [3.05, 3.63) is 16.1 Å². The Kier molecular flexibility index (Phi) is 5.22. The van der Waals surface area contributed by atoms with Crippen molar-refractivity contribution < 1.29 is 9.47 Å². The highest BCUT2D eigenvalue weighted by Gasteiger charge is 2.20. The van der Waals surface area contributed by atoms with Crippen molar-refractivity contribution in [3.63, 3.8) is 0 Å². The number of halogens is 1. The maximum absolute atomic E-state index is 5.94. The van der Waals surface area contributed by atoms with Gasteiger partial charge >= 0.3 is 0 Å². The predicted molar refractivity (Wildman–Crippen MR) is 69.6 cm³/mol. The molecule has 0 aromatic carbocycles. The van der Waals surface area contributed by atoms with Gasteiger partial charge < -0.3 is 9.47 Å². The normalized spacial score (nSPS) is 21.9. The molecule has 1 fully saturated rings. The Morgan fingerprint density at radius 2 is 2.59 bits per heavy atom. The first-order valence-electron chi connectivity index (χ1n) is 6.03. The summed E-state index contributed by atoms with van der Waals surface area (Å²) in [6.07, 6.45) is 2.17. The summed E-state index contributed by atoms with van der Waals surface area (Å²) in [4.78, 5) is 4.48. The van der Waals surface area contributed by atoms with Gasteiger partial charge in [-0.2, -0.15) is 0 Å². The number of hydrogen-bond donors (Lipinski definition) is 0. The third-order valence-corrected chi connectivity index (χ3v) is 4.17. The van der Waals surface area contributed by atoms with Crippen LogP contribution >= 0.6 is 22.9 Å². The minimum absolute atomic E-state index is 0.109. The quantitative estimate of drug-likeness (QED) is 0.746. The van der Waals surface area contributed by atoms with Crippen LogP contribution in [0, 0.1) is 5.92 Å². The molecule has 2 rings (SSSR count). The number of hydrogen-bond acceptors (Lipinski definition) is 4. The zero-order valence-corrected chi connectivity index (χ0v) is 11.6. The number of thiazole rings is 1. The molecule has 96 valence electrons. The van der Waals surface area contributed by atoms with Crippen molar-refractivity contribution in [2.45, 2.75) is 31.7 Å². The molecule has 2 unspecified atom stereocenters. The van der Waals surface area contributed by atoms with Crippen molar-refractivity contribution in [2.24, 2.45) is 5.92 Å². The van der Waals surface area contributed by atoms with Gasteiger partial charge in [-0.25, -0.2) is 4.98 Å². The second-order valence-electron chi connectivity index (χ2n) is 4.27. The molecule has 1 aliphatic heterocycles. The van der Waals surface area contributed by atoms with Gasteiger partial charge in [-0.05, 0) is 12.8 Å². The summed E-state index contributed by atoms with van der Waals surface area (Å²) in [5.41, 5.74) is 0.943. The molecule has 0 spiro atoms. The maximum Gasteiger partial charge on any atom is 0.122 e. The lowest BCUT2D eigenvalue weighted by atomic mass is 10.1. The van der Waals surface area contributed by atoms with Gasteiger partial charge in [0.15, 0.2) is 0 Å². The van der Waals surface area contributed by atoms with Crippen molar-refractivity contribution in [1.29, 1.82) is 0 Å². The van der Waals surface area contributed by atoms with E-state index >= 15 is 0 Å². The maximum atomic E-state index is 5.94. The standard InChI is InChI=1S/C12H18ClNO2S/c1-2-11(12-14-10(5-13)8-17-12)16-7-9-3-4-15-6-9/h8-9,11H,2-7H2,1H3. The molecule has 0 N–H and O–H groups in total. The summed E-state index contributed by atoms with van der Waals surface area (Å²) in [6.45, 7) is 4.60. The van der Waals surface area contributed by atoms with Crippen LogP contribution in [0.15, 0.2) is 5.38 Å². The average Bonchev–Trinajstić information content (AvgIpc) is 3.00. The van der Waals surface area contributed by atoms with Crippen molar-refractivity contribution in [2.75, 3.05) is 19.8 Å². The number of nitrogens with zero attached hydrogens (tertiary/aromatic N) is 1. The van der Waals surface area contributed by atoms with E-state index in [1.807, 2.05) is 5.38 Å². The summed E-state index contributed by atoms with van der Waals surface area (Å²) in [7, 11) is 0. The molecule has 0 radical (unpaired) electrons. The molecule has 3 nitrogen and oxygen atoms in total. The van der Waals surface area contributed by atoms with Gasteiger partial charge in [0.1, 0.15) is 11.1 Å². The smallest absolute Gasteiger partial charge is 0.122 e. The number of aromatic nitrogens is 1. The third kappa shape index (κ3) is 3.65. The number of ether oxygens (including phenoxy) is 2. The second kappa shape index (κ2) is 6.69. The molecule has 0 saturated carbocycles. The largest absolute Gasteiger partial charge is 0.381 e. The molecule has 1 aromatic rings. The highest BCUT2D eigenvalue weighted by molar-refractivity contribution is 7.09. The van der Waals surface area contributed by atoms with Crippen molar-refractivity contribution in [1.82, 2.24) is 4.98 Å². The van der Waals surface area contributed by atoms with E-state index in [2.05, 4.69) is 11.9 Å². The van der Waals surface area contributed by atoms with Crippen molar-refractivity contribution in [3.8, 4) is 0 Å². The Hall–Kier alpha value is -0.160. The Balaban J connectivity index is 1.86. The van der Waals surface area contributed by atoms with Gasteiger partial charge in [-0.3, -0.25) is 0 Å². The van der Waals surface area contributed by atoms with E-state index in [9.17, 15) is 0 Å². The third-order valence-electron chi connectivity index (χ3n) is 2.91. The van der Waals surface area contributed by atoms with Gasteiger partial charge in [0.2, 0.25) is 0 Å². The molecule has 0 bridgehead atoms. The number of rotatable bonds is 6. The molecule has 1 aromatic heterocycles. The van der Waals surface area contributed by atoms with Crippen LogP contribution in [0.1, 0.15) is 36.6 Å². The molecule has 5 heteroatoms. The molecule has 1 saturated heterocycles. The molecule has 17 heavy (non-hydrogen) atoms. The van der Waals surface area contributed by atoms with Crippen LogP contribution in [0.25, 0.3) is 0 Å². The van der Waals surface area contributed by atoms with Gasteiger partial charge in [0.25, 0.3) is 0 Å². The Bertz CT molecular complexity index is 339. The highest BCUT2D eigenvalue weighted by atomic mass is 35.5. The fraction of sp³-hybridized carbons (Fsp3) is 0.750. The molecule has 0 aliphatic carbocycles. The van der Waals surface area contributed by atoms with E-state index in [0.717, 1.165) is 43.4 Å². The molecule has 2 heterocycles. The zero-order chi connectivity index (χ0) is 12.1. The highest BCUT2D eigenvalue weighted by Crippen LogP contribution is 2.26. The monoisotopic (exact) mass is 275 g/mol. The van der Waals surface area contributed by atoms with Crippen LogP contribution in [0.3, 0.4) is 0 Å². The van der Waals surface area contributed by atoms with Crippen LogP contribution < -0.4 is 0 Å². The Morgan fingerprint density at radius 3 is 3.18 bits per heavy atom. The molecule has 2 atom stereocenters. The van der Waals surface area contributed by atoms with Gasteiger partial charge in [0.05, 0.1) is 24.8 Å². The Morgan fingerprint density at radius 1 is 1.71 bits per heavy atom. The van der Waals surface area contributed by atoms with E-state index in [1.54, 1.807) is 11.3 Å². The first-order chi connectivity index (χ1) is 8.33. The molecular formula is C12H18ClNO2S. The zero-order valence-electron chi connectivity index (χ0n) is 10.0. The van der Waals surface area contributed by atoms with E-state index in [-0.39, 0.29) is 6.10 Å². The first kappa shape index (κ1) is 13.3. The Labute approximate surface area is 111 Å². The molecular weight excluding hydrogens is 258 g/mol. The summed E-state index contributed by atoms with van der Waals surface area (Å²) >= 11 is 7.39. The van der Waals surface area contributed by atoms with Gasteiger partial charge in [-0.15, -0.1) is 22.9 Å².